The number of fused-ring (bicyclic) bond motifs is 1. The van der Waals surface area contributed by atoms with Gasteiger partial charge in [0.15, 0.2) is 5.82 Å². The smallest absolute Gasteiger partial charge is 0.246 e. The number of benzene rings is 2. The first-order valence-electron chi connectivity index (χ1n) is 11.2. The maximum Gasteiger partial charge on any atom is 0.246 e. The molecule has 2 N–H and O–H groups in total. The Kier molecular flexibility index (Phi) is 6.35. The Morgan fingerprint density at radius 3 is 2.55 bits per heavy atom. The minimum absolute atomic E-state index is 0.0703. The Balaban J connectivity index is 1.44. The Morgan fingerprint density at radius 1 is 0.968 bits per heavy atom. The maximum absolute atomic E-state index is 12.7. The molecule has 1 aliphatic heterocycles. The van der Waals surface area contributed by atoms with E-state index in [4.69, 9.17) is 0 Å². The van der Waals surface area contributed by atoms with E-state index in [0.717, 1.165) is 48.0 Å². The van der Waals surface area contributed by atoms with Crippen LogP contribution in [0.2, 0.25) is 0 Å². The number of hydrogen-bond acceptors (Lipinski definition) is 4. The lowest BCUT2D eigenvalue weighted by atomic mass is 10.0. The Bertz CT molecular complexity index is 1040. The summed E-state index contributed by atoms with van der Waals surface area (Å²) in [5.41, 5.74) is 3.97. The molecular weight excluding hydrogens is 386 g/mol. The quantitative estimate of drug-likeness (QED) is 0.576. The highest BCUT2D eigenvalue weighted by Gasteiger charge is 2.17. The van der Waals surface area contributed by atoms with Crippen molar-refractivity contribution in [2.24, 2.45) is 0 Å². The van der Waals surface area contributed by atoms with Gasteiger partial charge in [0.25, 0.3) is 0 Å². The van der Waals surface area contributed by atoms with Crippen LogP contribution in [0.3, 0.4) is 0 Å². The molecule has 162 valence electrons. The lowest BCUT2D eigenvalue weighted by Crippen LogP contribution is -2.31. The normalized spacial score (nSPS) is 14.6. The molecule has 4 rings (SSSR count). The molecule has 0 bridgehead atoms. The fourth-order valence-corrected chi connectivity index (χ4v) is 3.96. The van der Waals surface area contributed by atoms with Crippen LogP contribution in [0, 0.1) is 0 Å². The Hall–Kier alpha value is -3.15. The van der Waals surface area contributed by atoms with Crippen LogP contribution in [0.25, 0.3) is 11.4 Å². The highest BCUT2D eigenvalue weighted by atomic mass is 16.2. The number of hydrogen-bond donors (Lipinski definition) is 2. The summed E-state index contributed by atoms with van der Waals surface area (Å²) in [7, 11) is 0. The van der Waals surface area contributed by atoms with Crippen LogP contribution in [0.5, 0.6) is 0 Å². The van der Waals surface area contributed by atoms with Crippen molar-refractivity contribution in [1.82, 2.24) is 14.8 Å². The molecule has 31 heavy (non-hydrogen) atoms. The summed E-state index contributed by atoms with van der Waals surface area (Å²) in [5, 5.41) is 15.2. The van der Waals surface area contributed by atoms with Gasteiger partial charge in [0.05, 0.1) is 0 Å². The second kappa shape index (κ2) is 9.33. The summed E-state index contributed by atoms with van der Waals surface area (Å²) in [6, 6.07) is 15.7. The van der Waals surface area contributed by atoms with E-state index in [2.05, 4.69) is 51.4 Å². The van der Waals surface area contributed by atoms with Crippen LogP contribution in [0.15, 0.2) is 48.5 Å². The molecule has 1 aliphatic rings. The van der Waals surface area contributed by atoms with Gasteiger partial charge in [-0.1, -0.05) is 44.5 Å². The van der Waals surface area contributed by atoms with Crippen LogP contribution in [-0.2, 0) is 17.8 Å². The number of anilines is 2. The van der Waals surface area contributed by atoms with Crippen molar-refractivity contribution in [3.8, 4) is 11.4 Å². The van der Waals surface area contributed by atoms with Crippen LogP contribution >= 0.6 is 0 Å². The van der Waals surface area contributed by atoms with Gasteiger partial charge in [0.1, 0.15) is 11.9 Å². The molecule has 0 aliphatic carbocycles. The van der Waals surface area contributed by atoms with E-state index < -0.39 is 0 Å². The molecule has 6 heteroatoms. The molecule has 2 aromatic carbocycles. The second-order valence-electron chi connectivity index (χ2n) is 8.61. The van der Waals surface area contributed by atoms with Gasteiger partial charge in [-0.2, -0.15) is 0 Å². The predicted octanol–water partition coefficient (Wildman–Crippen LogP) is 5.23. The predicted molar refractivity (Wildman–Crippen MR) is 125 cm³/mol. The molecule has 1 aromatic heterocycles. The highest BCUT2D eigenvalue weighted by Crippen LogP contribution is 2.25. The lowest BCUT2D eigenvalue weighted by molar-refractivity contribution is -0.116. The van der Waals surface area contributed by atoms with Crippen molar-refractivity contribution in [2.75, 3.05) is 10.6 Å². The van der Waals surface area contributed by atoms with Gasteiger partial charge < -0.3 is 15.2 Å². The molecule has 0 unspecified atom stereocenters. The van der Waals surface area contributed by atoms with Crippen LogP contribution in [0.4, 0.5) is 11.4 Å². The standard InChI is InChI=1S/C25H31N5O/c1-17(2)19-11-13-21(14-12-19)27-25(31)18(3)26-22-9-7-8-20(16-22)24-29-28-23-10-5-4-6-15-30(23)24/h7-9,11-14,16-18,26H,4-6,10,15H2,1-3H3,(H,27,31)/t18-/m1/s1. The fraction of sp³-hybridized carbons (Fsp3) is 0.400. The van der Waals surface area contributed by atoms with Gasteiger partial charge in [-0.25, -0.2) is 0 Å². The molecule has 6 nitrogen and oxygen atoms in total. The molecule has 2 heterocycles. The van der Waals surface area contributed by atoms with E-state index in [1.807, 2.05) is 43.3 Å². The van der Waals surface area contributed by atoms with E-state index in [1.165, 1.54) is 18.4 Å². The zero-order chi connectivity index (χ0) is 21.8. The molecule has 0 saturated carbocycles. The highest BCUT2D eigenvalue weighted by molar-refractivity contribution is 5.96. The van der Waals surface area contributed by atoms with E-state index in [9.17, 15) is 4.79 Å². The topological polar surface area (TPSA) is 71.8 Å². The number of carbonyl (C=O) groups excluding carboxylic acids is 1. The van der Waals surface area contributed by atoms with E-state index in [1.54, 1.807) is 0 Å². The van der Waals surface area contributed by atoms with Gasteiger partial charge in [-0.3, -0.25) is 4.79 Å². The summed E-state index contributed by atoms with van der Waals surface area (Å²) >= 11 is 0. The summed E-state index contributed by atoms with van der Waals surface area (Å²) in [6.45, 7) is 7.15. The van der Waals surface area contributed by atoms with Crippen molar-refractivity contribution in [2.45, 2.75) is 65.0 Å². The van der Waals surface area contributed by atoms with Crippen molar-refractivity contribution >= 4 is 17.3 Å². The van der Waals surface area contributed by atoms with Gasteiger partial charge >= 0.3 is 0 Å². The van der Waals surface area contributed by atoms with Crippen LogP contribution in [0.1, 0.15) is 57.3 Å². The summed E-state index contributed by atoms with van der Waals surface area (Å²) in [6.07, 6.45) is 4.55. The van der Waals surface area contributed by atoms with Crippen molar-refractivity contribution in [3.05, 3.63) is 59.9 Å². The van der Waals surface area contributed by atoms with Crippen molar-refractivity contribution in [3.63, 3.8) is 0 Å². The molecule has 1 atom stereocenters. The summed E-state index contributed by atoms with van der Waals surface area (Å²) in [4.78, 5) is 12.7. The third-order valence-corrected chi connectivity index (χ3v) is 5.85. The van der Waals surface area contributed by atoms with Crippen LogP contribution < -0.4 is 10.6 Å². The summed E-state index contributed by atoms with van der Waals surface area (Å²) in [5.74, 6) is 2.38. The van der Waals surface area contributed by atoms with Gasteiger partial charge in [-0.15, -0.1) is 10.2 Å². The maximum atomic E-state index is 12.7. The minimum Gasteiger partial charge on any atom is -0.374 e. The monoisotopic (exact) mass is 417 g/mol. The molecule has 3 aromatic rings. The van der Waals surface area contributed by atoms with Crippen molar-refractivity contribution < 1.29 is 4.79 Å². The number of carbonyl (C=O) groups is 1. The van der Waals surface area contributed by atoms with Gasteiger partial charge in [0, 0.05) is 29.9 Å². The van der Waals surface area contributed by atoms with E-state index in [-0.39, 0.29) is 11.9 Å². The average Bonchev–Trinajstić information content (AvgIpc) is 3.02. The largest absolute Gasteiger partial charge is 0.374 e. The first-order valence-corrected chi connectivity index (χ1v) is 11.2. The number of amides is 1. The van der Waals surface area contributed by atoms with Crippen molar-refractivity contribution in [1.29, 1.82) is 0 Å². The number of aryl methyl sites for hydroxylation is 1. The molecule has 0 radical (unpaired) electrons. The third kappa shape index (κ3) is 4.95. The number of aromatic nitrogens is 3. The minimum atomic E-state index is -0.379. The Morgan fingerprint density at radius 2 is 1.77 bits per heavy atom. The molecular formula is C25H31N5O. The molecule has 0 fully saturated rings. The number of nitrogens with one attached hydrogen (secondary N) is 2. The van der Waals surface area contributed by atoms with Gasteiger partial charge in [-0.05, 0) is 55.5 Å². The first kappa shape index (κ1) is 21.1. The fourth-order valence-electron chi connectivity index (χ4n) is 3.96. The number of nitrogens with zero attached hydrogens (tertiary/aromatic N) is 3. The molecule has 1 amide bonds. The molecule has 0 spiro atoms. The van der Waals surface area contributed by atoms with Gasteiger partial charge in [0.2, 0.25) is 5.91 Å². The zero-order valence-electron chi connectivity index (χ0n) is 18.6. The van der Waals surface area contributed by atoms with Crippen LogP contribution in [-0.4, -0.2) is 26.7 Å². The molecule has 0 saturated heterocycles. The second-order valence-corrected chi connectivity index (χ2v) is 8.61. The lowest BCUT2D eigenvalue weighted by Gasteiger charge is -2.16. The third-order valence-electron chi connectivity index (χ3n) is 5.85. The SMILES string of the molecule is CC(C)c1ccc(NC(=O)[C@@H](C)Nc2cccc(-c3nnc4n3CCCCC4)c2)cc1. The average molecular weight is 418 g/mol. The first-order chi connectivity index (χ1) is 15.0. The summed E-state index contributed by atoms with van der Waals surface area (Å²) < 4.78 is 2.24. The van der Waals surface area contributed by atoms with E-state index >= 15 is 0 Å². The zero-order valence-corrected chi connectivity index (χ0v) is 18.6. The Labute approximate surface area is 184 Å². The van der Waals surface area contributed by atoms with E-state index in [0.29, 0.717) is 5.92 Å². The number of rotatable bonds is 6.